The topological polar surface area (TPSA) is 93.5 Å². The van der Waals surface area contributed by atoms with Gasteiger partial charge in [-0.15, -0.1) is 0 Å². The van der Waals surface area contributed by atoms with Gasteiger partial charge in [-0.05, 0) is 24.6 Å². The van der Waals surface area contributed by atoms with Crippen LogP contribution in [0.15, 0.2) is 18.2 Å². The molecular weight excluding hydrogens is 246 g/mol. The van der Waals surface area contributed by atoms with Gasteiger partial charge in [-0.1, -0.05) is 6.07 Å². The Kier molecular flexibility index (Phi) is 5.47. The largest absolute Gasteiger partial charge is 0.383 e. The SMILES string of the molecule is CNC(=O)c1ccc(C)c(NC(=O)C(N)COC)c1. The molecule has 1 aromatic rings. The molecule has 0 bridgehead atoms. The van der Waals surface area contributed by atoms with Crippen LogP contribution in [0.4, 0.5) is 5.69 Å². The number of nitrogens with two attached hydrogens (primary N) is 1. The van der Waals surface area contributed by atoms with Gasteiger partial charge in [0.15, 0.2) is 0 Å². The Hall–Kier alpha value is -1.92. The van der Waals surface area contributed by atoms with Crippen LogP contribution in [0.25, 0.3) is 0 Å². The number of ether oxygens (including phenoxy) is 1. The molecule has 2 amide bonds. The molecular formula is C13H19N3O3. The Labute approximate surface area is 112 Å². The number of benzene rings is 1. The highest BCUT2D eigenvalue weighted by molar-refractivity contribution is 5.99. The Bertz CT molecular complexity index is 474. The maximum atomic E-state index is 11.8. The standard InChI is InChI=1S/C13H19N3O3/c1-8-4-5-9(12(17)15-2)6-11(8)16-13(18)10(14)7-19-3/h4-6,10H,7,14H2,1-3H3,(H,15,17)(H,16,18). The zero-order chi connectivity index (χ0) is 14.4. The van der Waals surface area contributed by atoms with E-state index in [0.29, 0.717) is 11.3 Å². The molecule has 1 aromatic carbocycles. The van der Waals surface area contributed by atoms with Crippen LogP contribution < -0.4 is 16.4 Å². The Morgan fingerprint density at radius 2 is 2.11 bits per heavy atom. The number of amides is 2. The van der Waals surface area contributed by atoms with E-state index in [1.54, 1.807) is 25.2 Å². The summed E-state index contributed by atoms with van der Waals surface area (Å²) in [6, 6.07) is 4.33. The summed E-state index contributed by atoms with van der Waals surface area (Å²) in [6.45, 7) is 1.98. The van der Waals surface area contributed by atoms with E-state index in [0.717, 1.165) is 5.56 Å². The minimum Gasteiger partial charge on any atom is -0.383 e. The van der Waals surface area contributed by atoms with E-state index in [9.17, 15) is 9.59 Å². The molecule has 0 aliphatic rings. The summed E-state index contributed by atoms with van der Waals surface area (Å²) in [5.41, 5.74) is 7.53. The number of rotatable bonds is 5. The van der Waals surface area contributed by atoms with Gasteiger partial charge in [0.25, 0.3) is 5.91 Å². The van der Waals surface area contributed by atoms with Gasteiger partial charge in [0.05, 0.1) is 6.61 Å². The molecule has 4 N–H and O–H groups in total. The fraction of sp³-hybridized carbons (Fsp3) is 0.385. The van der Waals surface area contributed by atoms with Crippen molar-refractivity contribution in [2.75, 3.05) is 26.1 Å². The maximum Gasteiger partial charge on any atom is 0.251 e. The molecule has 1 unspecified atom stereocenters. The molecule has 104 valence electrons. The third-order valence-electron chi connectivity index (χ3n) is 2.67. The van der Waals surface area contributed by atoms with Crippen LogP contribution in [0.5, 0.6) is 0 Å². The van der Waals surface area contributed by atoms with Crippen molar-refractivity contribution in [1.29, 1.82) is 0 Å². The van der Waals surface area contributed by atoms with Gasteiger partial charge in [-0.3, -0.25) is 9.59 Å². The Balaban J connectivity index is 2.88. The van der Waals surface area contributed by atoms with Gasteiger partial charge in [0.2, 0.25) is 5.91 Å². The molecule has 0 heterocycles. The first-order valence-corrected chi connectivity index (χ1v) is 5.87. The first-order valence-electron chi connectivity index (χ1n) is 5.87. The average Bonchev–Trinajstić information content (AvgIpc) is 2.40. The van der Waals surface area contributed by atoms with E-state index in [-0.39, 0.29) is 18.4 Å². The van der Waals surface area contributed by atoms with Gasteiger partial charge in [0.1, 0.15) is 6.04 Å². The Morgan fingerprint density at radius 3 is 2.68 bits per heavy atom. The third-order valence-corrected chi connectivity index (χ3v) is 2.67. The molecule has 0 aliphatic heterocycles. The lowest BCUT2D eigenvalue weighted by molar-refractivity contribution is -0.118. The first kappa shape index (κ1) is 15.1. The highest BCUT2D eigenvalue weighted by Gasteiger charge is 2.15. The molecule has 1 atom stereocenters. The number of carbonyl (C=O) groups excluding carboxylic acids is 2. The number of hydrogen-bond acceptors (Lipinski definition) is 4. The molecule has 19 heavy (non-hydrogen) atoms. The highest BCUT2D eigenvalue weighted by atomic mass is 16.5. The first-order chi connectivity index (χ1) is 8.99. The lowest BCUT2D eigenvalue weighted by Gasteiger charge is -2.13. The summed E-state index contributed by atoms with van der Waals surface area (Å²) in [5, 5.41) is 5.22. The van der Waals surface area contributed by atoms with E-state index in [2.05, 4.69) is 10.6 Å². The molecule has 0 spiro atoms. The van der Waals surface area contributed by atoms with Gasteiger partial charge in [-0.2, -0.15) is 0 Å². The zero-order valence-electron chi connectivity index (χ0n) is 11.3. The monoisotopic (exact) mass is 265 g/mol. The van der Waals surface area contributed by atoms with Gasteiger partial charge in [-0.25, -0.2) is 0 Å². The Morgan fingerprint density at radius 1 is 1.42 bits per heavy atom. The smallest absolute Gasteiger partial charge is 0.251 e. The van der Waals surface area contributed by atoms with Crippen molar-refractivity contribution in [2.45, 2.75) is 13.0 Å². The summed E-state index contributed by atoms with van der Waals surface area (Å²) in [4.78, 5) is 23.3. The molecule has 6 heteroatoms. The van der Waals surface area contributed by atoms with Crippen LogP contribution >= 0.6 is 0 Å². The molecule has 1 rings (SSSR count). The molecule has 0 saturated heterocycles. The predicted molar refractivity (Wildman–Crippen MR) is 73.1 cm³/mol. The summed E-state index contributed by atoms with van der Waals surface area (Å²) in [6.07, 6.45) is 0. The maximum absolute atomic E-state index is 11.8. The van der Waals surface area contributed by atoms with Crippen LogP contribution in [0, 0.1) is 6.92 Å². The van der Waals surface area contributed by atoms with Crippen molar-refractivity contribution in [3.05, 3.63) is 29.3 Å². The number of aryl methyl sites for hydroxylation is 1. The van der Waals surface area contributed by atoms with Crippen LogP contribution in [0.1, 0.15) is 15.9 Å². The zero-order valence-corrected chi connectivity index (χ0v) is 11.3. The molecule has 0 aromatic heterocycles. The summed E-state index contributed by atoms with van der Waals surface area (Å²) < 4.78 is 4.82. The van der Waals surface area contributed by atoms with Crippen LogP contribution in [0.3, 0.4) is 0 Å². The lowest BCUT2D eigenvalue weighted by Crippen LogP contribution is -2.39. The number of methoxy groups -OCH3 is 1. The quantitative estimate of drug-likeness (QED) is 0.712. The van der Waals surface area contributed by atoms with Crippen molar-refractivity contribution < 1.29 is 14.3 Å². The number of carbonyl (C=O) groups is 2. The predicted octanol–water partition coefficient (Wildman–Crippen LogP) is 0.267. The molecule has 0 saturated carbocycles. The van der Waals surface area contributed by atoms with E-state index >= 15 is 0 Å². The molecule has 0 fully saturated rings. The highest BCUT2D eigenvalue weighted by Crippen LogP contribution is 2.17. The fourth-order valence-electron chi connectivity index (χ4n) is 1.52. The van der Waals surface area contributed by atoms with Crippen molar-refractivity contribution in [3.8, 4) is 0 Å². The van der Waals surface area contributed by atoms with Crippen LogP contribution in [-0.4, -0.2) is 38.6 Å². The van der Waals surface area contributed by atoms with E-state index in [1.807, 2.05) is 6.92 Å². The molecule has 0 radical (unpaired) electrons. The van der Waals surface area contributed by atoms with Gasteiger partial charge >= 0.3 is 0 Å². The normalized spacial score (nSPS) is 11.8. The van der Waals surface area contributed by atoms with E-state index in [1.165, 1.54) is 7.11 Å². The van der Waals surface area contributed by atoms with Gasteiger partial charge < -0.3 is 21.1 Å². The third kappa shape index (κ3) is 4.04. The minimum absolute atomic E-state index is 0.139. The number of anilines is 1. The lowest BCUT2D eigenvalue weighted by atomic mass is 10.1. The van der Waals surface area contributed by atoms with Crippen molar-refractivity contribution in [1.82, 2.24) is 5.32 Å². The van der Waals surface area contributed by atoms with Crippen molar-refractivity contribution >= 4 is 17.5 Å². The summed E-state index contributed by atoms with van der Waals surface area (Å²) in [7, 11) is 3.03. The van der Waals surface area contributed by atoms with Crippen molar-refractivity contribution in [2.24, 2.45) is 5.73 Å². The van der Waals surface area contributed by atoms with Crippen molar-refractivity contribution in [3.63, 3.8) is 0 Å². The fourth-order valence-corrected chi connectivity index (χ4v) is 1.52. The van der Waals surface area contributed by atoms with Crippen LogP contribution in [-0.2, 0) is 9.53 Å². The van der Waals surface area contributed by atoms with E-state index < -0.39 is 6.04 Å². The molecule has 0 aliphatic carbocycles. The molecule has 6 nitrogen and oxygen atoms in total. The number of nitrogens with one attached hydrogen (secondary N) is 2. The second-order valence-corrected chi connectivity index (χ2v) is 4.16. The van der Waals surface area contributed by atoms with Gasteiger partial charge in [0, 0.05) is 25.4 Å². The second-order valence-electron chi connectivity index (χ2n) is 4.16. The number of hydrogen-bond donors (Lipinski definition) is 3. The average molecular weight is 265 g/mol. The van der Waals surface area contributed by atoms with E-state index in [4.69, 9.17) is 10.5 Å². The van der Waals surface area contributed by atoms with Crippen LogP contribution in [0.2, 0.25) is 0 Å². The summed E-state index contributed by atoms with van der Waals surface area (Å²) in [5.74, 6) is -0.560. The summed E-state index contributed by atoms with van der Waals surface area (Å²) >= 11 is 0. The minimum atomic E-state index is -0.743. The second kappa shape index (κ2) is 6.86.